The Morgan fingerprint density at radius 2 is 1.94 bits per heavy atom. The third kappa shape index (κ3) is 3.91. The van der Waals surface area contributed by atoms with Gasteiger partial charge in [0.15, 0.2) is 17.0 Å². The minimum absolute atomic E-state index is 0.0616. The Hall–Kier alpha value is -4.09. The van der Waals surface area contributed by atoms with Gasteiger partial charge in [-0.05, 0) is 24.6 Å². The number of carbonyl (C=O) groups is 1. The predicted octanol–water partition coefficient (Wildman–Crippen LogP) is 1.12. The number of nitrogens with zero attached hydrogens (tertiary/aromatic N) is 6. The molecule has 0 saturated heterocycles. The molecule has 0 bridgehead atoms. The second-order valence-electron chi connectivity index (χ2n) is 7.84. The maximum atomic E-state index is 12.4. The van der Waals surface area contributed by atoms with Gasteiger partial charge in [-0.15, -0.1) is 5.10 Å². The Morgan fingerprint density at radius 3 is 2.62 bits per heavy atom. The normalized spacial score (nSPS) is 15.4. The van der Waals surface area contributed by atoms with Gasteiger partial charge < -0.3 is 18.8 Å². The van der Waals surface area contributed by atoms with E-state index in [1.807, 2.05) is 6.92 Å². The lowest BCUT2D eigenvalue weighted by Gasteiger charge is -2.20. The van der Waals surface area contributed by atoms with E-state index < -0.39 is 17.5 Å². The summed E-state index contributed by atoms with van der Waals surface area (Å²) in [6, 6.07) is 5.29. The Morgan fingerprint density at radius 1 is 1.18 bits per heavy atom. The summed E-state index contributed by atoms with van der Waals surface area (Å²) < 4.78 is 21.1. The Labute approximate surface area is 194 Å². The van der Waals surface area contributed by atoms with Crippen LogP contribution < -0.4 is 20.7 Å². The van der Waals surface area contributed by atoms with Gasteiger partial charge in [0, 0.05) is 26.6 Å². The quantitative estimate of drug-likeness (QED) is 0.507. The number of hydrogen-bond acceptors (Lipinski definition) is 8. The van der Waals surface area contributed by atoms with Crippen molar-refractivity contribution in [3.8, 4) is 11.5 Å². The fraction of sp³-hybridized carbons (Fsp3) is 0.409. The standard InChI is InChI=1S/C22H26N6O6/c1-6-9-33-15-8-7-14(10-16(15)32-5)21-28(13(2)29)24-17(34-21)11-27-12-23-18-19(27)25(3)22(31)26(4)20(18)30/h7-8,10,12,21H,6,9,11H2,1-5H3/t21-/m1/s1. The van der Waals surface area contributed by atoms with Crippen molar-refractivity contribution < 1.29 is 19.0 Å². The minimum atomic E-state index is -0.812. The largest absolute Gasteiger partial charge is 0.493 e. The second-order valence-corrected chi connectivity index (χ2v) is 7.84. The fourth-order valence-electron chi connectivity index (χ4n) is 3.76. The lowest BCUT2D eigenvalue weighted by Crippen LogP contribution is -2.37. The topological polar surface area (TPSA) is 122 Å². The molecule has 1 atom stereocenters. The van der Waals surface area contributed by atoms with Gasteiger partial charge in [-0.25, -0.2) is 9.78 Å². The molecule has 1 aromatic carbocycles. The van der Waals surface area contributed by atoms with Gasteiger partial charge >= 0.3 is 5.69 Å². The number of methoxy groups -OCH3 is 1. The molecule has 1 aliphatic rings. The molecule has 0 saturated carbocycles. The van der Waals surface area contributed by atoms with E-state index >= 15 is 0 Å². The van der Waals surface area contributed by atoms with Gasteiger partial charge in [0.2, 0.25) is 18.0 Å². The van der Waals surface area contributed by atoms with E-state index in [2.05, 4.69) is 10.1 Å². The van der Waals surface area contributed by atoms with Crippen LogP contribution in [0, 0.1) is 0 Å². The Bertz CT molecular complexity index is 1400. The number of aryl methyl sites for hydroxylation is 1. The van der Waals surface area contributed by atoms with Crippen LogP contribution in [0.4, 0.5) is 0 Å². The second kappa shape index (κ2) is 9.04. The number of aromatic nitrogens is 4. The average molecular weight is 470 g/mol. The third-order valence-electron chi connectivity index (χ3n) is 5.46. The van der Waals surface area contributed by atoms with Crippen LogP contribution in [0.3, 0.4) is 0 Å². The molecule has 4 rings (SSSR count). The number of amides is 1. The van der Waals surface area contributed by atoms with Crippen molar-refractivity contribution in [1.82, 2.24) is 23.7 Å². The number of rotatable bonds is 7. The molecule has 0 radical (unpaired) electrons. The summed E-state index contributed by atoms with van der Waals surface area (Å²) in [6.07, 6.45) is 1.48. The molecule has 34 heavy (non-hydrogen) atoms. The molecule has 2 aromatic heterocycles. The van der Waals surface area contributed by atoms with Crippen LogP contribution in [0.5, 0.6) is 11.5 Å². The number of imidazole rings is 1. The van der Waals surface area contributed by atoms with E-state index in [0.29, 0.717) is 29.3 Å². The first kappa shape index (κ1) is 23.1. The first-order valence-electron chi connectivity index (χ1n) is 10.7. The molecular weight excluding hydrogens is 444 g/mol. The van der Waals surface area contributed by atoms with Crippen molar-refractivity contribution in [2.24, 2.45) is 19.2 Å². The molecular formula is C22H26N6O6. The minimum Gasteiger partial charge on any atom is -0.493 e. The van der Waals surface area contributed by atoms with Crippen molar-refractivity contribution in [2.75, 3.05) is 13.7 Å². The smallest absolute Gasteiger partial charge is 0.332 e. The molecule has 3 heterocycles. The van der Waals surface area contributed by atoms with Gasteiger partial charge in [-0.1, -0.05) is 6.92 Å². The molecule has 12 heteroatoms. The van der Waals surface area contributed by atoms with Gasteiger partial charge in [0.25, 0.3) is 5.56 Å². The summed E-state index contributed by atoms with van der Waals surface area (Å²) in [6.45, 7) is 4.01. The average Bonchev–Trinajstić information content (AvgIpc) is 3.45. The Kier molecular flexibility index (Phi) is 6.14. The monoisotopic (exact) mass is 470 g/mol. The van der Waals surface area contributed by atoms with E-state index in [1.54, 1.807) is 29.8 Å². The van der Waals surface area contributed by atoms with Crippen molar-refractivity contribution in [3.63, 3.8) is 0 Å². The fourth-order valence-corrected chi connectivity index (χ4v) is 3.76. The van der Waals surface area contributed by atoms with Crippen LogP contribution in [0.25, 0.3) is 11.2 Å². The lowest BCUT2D eigenvalue weighted by molar-refractivity contribution is -0.135. The van der Waals surface area contributed by atoms with Crippen LogP contribution in [0.15, 0.2) is 39.2 Å². The molecule has 1 aliphatic heterocycles. The van der Waals surface area contributed by atoms with Gasteiger partial charge in [-0.3, -0.25) is 18.7 Å². The molecule has 3 aromatic rings. The molecule has 12 nitrogen and oxygen atoms in total. The summed E-state index contributed by atoms with van der Waals surface area (Å²) in [4.78, 5) is 41.3. The number of hydrogen-bond donors (Lipinski definition) is 0. The summed E-state index contributed by atoms with van der Waals surface area (Å²) in [7, 11) is 4.49. The molecule has 0 spiro atoms. The Balaban J connectivity index is 1.66. The molecule has 0 N–H and O–H groups in total. The zero-order valence-electron chi connectivity index (χ0n) is 19.6. The van der Waals surface area contributed by atoms with Crippen LogP contribution in [0.2, 0.25) is 0 Å². The van der Waals surface area contributed by atoms with Gasteiger partial charge in [-0.2, -0.15) is 5.01 Å². The van der Waals surface area contributed by atoms with Crippen LogP contribution in [-0.4, -0.2) is 49.2 Å². The molecule has 0 unspecified atom stereocenters. The summed E-state index contributed by atoms with van der Waals surface area (Å²) in [5, 5.41) is 5.56. The first-order valence-corrected chi connectivity index (χ1v) is 10.7. The summed E-state index contributed by atoms with van der Waals surface area (Å²) in [5.74, 6) is 1.01. The van der Waals surface area contributed by atoms with Gasteiger partial charge in [0.05, 0.1) is 20.0 Å². The van der Waals surface area contributed by atoms with Crippen molar-refractivity contribution in [2.45, 2.75) is 33.0 Å². The highest BCUT2D eigenvalue weighted by Gasteiger charge is 2.33. The number of ether oxygens (including phenoxy) is 3. The molecule has 1 amide bonds. The van der Waals surface area contributed by atoms with Crippen LogP contribution in [0.1, 0.15) is 32.1 Å². The highest BCUT2D eigenvalue weighted by atomic mass is 16.5. The van der Waals surface area contributed by atoms with E-state index in [-0.39, 0.29) is 23.9 Å². The maximum absolute atomic E-state index is 12.4. The number of fused-ring (bicyclic) bond motifs is 1. The van der Waals surface area contributed by atoms with Crippen molar-refractivity contribution in [3.05, 3.63) is 50.9 Å². The van der Waals surface area contributed by atoms with E-state index in [9.17, 15) is 14.4 Å². The lowest BCUT2D eigenvalue weighted by atomic mass is 10.1. The first-order chi connectivity index (χ1) is 16.3. The van der Waals surface area contributed by atoms with E-state index in [0.717, 1.165) is 11.0 Å². The van der Waals surface area contributed by atoms with Crippen molar-refractivity contribution >= 4 is 23.0 Å². The predicted molar refractivity (Wildman–Crippen MR) is 123 cm³/mol. The number of carbonyl (C=O) groups excluding carboxylic acids is 1. The summed E-state index contributed by atoms with van der Waals surface area (Å²) >= 11 is 0. The molecule has 180 valence electrons. The van der Waals surface area contributed by atoms with Crippen molar-refractivity contribution in [1.29, 1.82) is 0 Å². The van der Waals surface area contributed by atoms with Crippen LogP contribution in [-0.2, 0) is 30.2 Å². The third-order valence-corrected chi connectivity index (χ3v) is 5.46. The summed E-state index contributed by atoms with van der Waals surface area (Å²) in [5.41, 5.74) is 0.152. The number of hydrazone groups is 1. The highest BCUT2D eigenvalue weighted by molar-refractivity contribution is 5.83. The van der Waals surface area contributed by atoms with Crippen LogP contribution >= 0.6 is 0 Å². The highest BCUT2D eigenvalue weighted by Crippen LogP contribution is 2.35. The molecule has 0 fully saturated rings. The number of benzene rings is 1. The molecule has 0 aliphatic carbocycles. The van der Waals surface area contributed by atoms with E-state index in [4.69, 9.17) is 14.2 Å². The zero-order chi connectivity index (χ0) is 24.6. The van der Waals surface area contributed by atoms with Gasteiger partial charge in [0.1, 0.15) is 12.2 Å². The van der Waals surface area contributed by atoms with E-state index in [1.165, 1.54) is 37.0 Å². The SMILES string of the molecule is CCCOc1ccc([C@H]2OC(Cn3cnc4c(=O)n(C)c(=O)n(C)c43)=NN2C(C)=O)cc1OC. The zero-order valence-corrected chi connectivity index (χ0v) is 19.6. The maximum Gasteiger partial charge on any atom is 0.332 e.